The average Bonchev–Trinajstić information content (AvgIpc) is 3.32. The van der Waals surface area contributed by atoms with Crippen LogP contribution < -0.4 is 31.5 Å². The first-order valence-corrected chi connectivity index (χ1v) is 10.4. The highest BCUT2D eigenvalue weighted by atomic mass is 16.5. The number of amides is 1. The molecule has 0 heterocycles. The van der Waals surface area contributed by atoms with Crippen LogP contribution in [0.25, 0.3) is 0 Å². The smallest absolute Gasteiger partial charge is 0.255 e. The molecule has 0 aromatic heterocycles. The predicted molar refractivity (Wildman–Crippen MR) is 122 cm³/mol. The molecule has 0 unspecified atom stereocenters. The summed E-state index contributed by atoms with van der Waals surface area (Å²) < 4.78 is 5.17. The molecule has 0 bridgehead atoms. The molecule has 31 heavy (non-hydrogen) atoms. The minimum atomic E-state index is -0.477. The monoisotopic (exact) mass is 419 g/mol. The maximum atomic E-state index is 12.5. The van der Waals surface area contributed by atoms with Gasteiger partial charge in [-0.1, -0.05) is 31.0 Å². The standard InChI is InChI=1S/C24H25N3O4/c1-31-19-8-4-7-18(13-19)27-24(30)16-11-9-15(10-12-16)14-25-20-21(23(29)22(20)28)26-17-5-2-3-6-17/h4,7-13,17,25-26H,2-3,5-6,14H2,1H3,(H,27,30). The molecular weight excluding hydrogens is 394 g/mol. The van der Waals surface area contributed by atoms with Gasteiger partial charge in [-0.3, -0.25) is 14.4 Å². The summed E-state index contributed by atoms with van der Waals surface area (Å²) in [7, 11) is 1.57. The highest BCUT2D eigenvalue weighted by molar-refractivity contribution is 6.04. The van der Waals surface area contributed by atoms with Crippen LogP contribution in [0.15, 0.2) is 58.1 Å². The summed E-state index contributed by atoms with van der Waals surface area (Å²) in [6.45, 7) is 0.391. The van der Waals surface area contributed by atoms with Gasteiger partial charge in [0.15, 0.2) is 0 Å². The second-order valence-corrected chi connectivity index (χ2v) is 7.77. The minimum absolute atomic E-state index is 0.224. The Morgan fingerprint density at radius 3 is 2.42 bits per heavy atom. The predicted octanol–water partition coefficient (Wildman–Crippen LogP) is 3.51. The van der Waals surface area contributed by atoms with Crippen molar-refractivity contribution < 1.29 is 9.53 Å². The van der Waals surface area contributed by atoms with E-state index >= 15 is 0 Å². The van der Waals surface area contributed by atoms with E-state index in [1.807, 2.05) is 18.2 Å². The third-order valence-electron chi connectivity index (χ3n) is 5.63. The molecule has 1 fully saturated rings. The van der Waals surface area contributed by atoms with Crippen molar-refractivity contribution >= 4 is 23.0 Å². The number of methoxy groups -OCH3 is 1. The molecule has 4 rings (SSSR count). The molecule has 0 aliphatic heterocycles. The Balaban J connectivity index is 1.36. The van der Waals surface area contributed by atoms with Crippen LogP contribution in [0.1, 0.15) is 41.6 Å². The lowest BCUT2D eigenvalue weighted by Gasteiger charge is -2.18. The number of hydrogen-bond donors (Lipinski definition) is 3. The first kappa shape index (κ1) is 20.7. The molecule has 1 aliphatic carbocycles. The van der Waals surface area contributed by atoms with Crippen molar-refractivity contribution in [2.45, 2.75) is 38.3 Å². The van der Waals surface area contributed by atoms with Gasteiger partial charge in [0.05, 0.1) is 7.11 Å². The molecule has 7 nitrogen and oxygen atoms in total. The summed E-state index contributed by atoms with van der Waals surface area (Å²) in [4.78, 5) is 36.3. The number of carbonyl (C=O) groups is 1. The van der Waals surface area contributed by atoms with Crippen LogP contribution in [0, 0.1) is 0 Å². The van der Waals surface area contributed by atoms with E-state index in [1.54, 1.807) is 37.4 Å². The van der Waals surface area contributed by atoms with Crippen molar-refractivity contribution in [3.63, 3.8) is 0 Å². The Hall–Kier alpha value is -3.61. The SMILES string of the molecule is COc1cccc(NC(=O)c2ccc(CNc3c(NC4CCCC4)c(=O)c3=O)cc2)c1. The molecule has 1 aliphatic rings. The molecule has 7 heteroatoms. The summed E-state index contributed by atoms with van der Waals surface area (Å²) in [5, 5.41) is 9.13. The number of rotatable bonds is 8. The maximum absolute atomic E-state index is 12.5. The van der Waals surface area contributed by atoms with Gasteiger partial charge >= 0.3 is 0 Å². The summed E-state index contributed by atoms with van der Waals surface area (Å²) in [5.74, 6) is 0.442. The molecule has 3 aromatic carbocycles. The van der Waals surface area contributed by atoms with Crippen molar-refractivity contribution in [2.75, 3.05) is 23.1 Å². The third kappa shape index (κ3) is 4.60. The Bertz CT molecular complexity index is 1140. The summed E-state index contributed by atoms with van der Waals surface area (Å²) >= 11 is 0. The Morgan fingerprint density at radius 1 is 1.00 bits per heavy atom. The molecule has 3 aromatic rings. The van der Waals surface area contributed by atoms with E-state index in [4.69, 9.17) is 4.74 Å². The number of benzene rings is 2. The van der Waals surface area contributed by atoms with Gasteiger partial charge in [0, 0.05) is 29.9 Å². The van der Waals surface area contributed by atoms with Crippen molar-refractivity contribution in [1.82, 2.24) is 0 Å². The van der Waals surface area contributed by atoms with Crippen LogP contribution in [0.2, 0.25) is 0 Å². The lowest BCUT2D eigenvalue weighted by molar-refractivity contribution is 0.102. The summed E-state index contributed by atoms with van der Waals surface area (Å²) in [5.41, 5.74) is 1.91. The Morgan fingerprint density at radius 2 is 1.71 bits per heavy atom. The number of carbonyl (C=O) groups excluding carboxylic acids is 1. The highest BCUT2D eigenvalue weighted by Gasteiger charge is 2.24. The first-order valence-electron chi connectivity index (χ1n) is 10.4. The van der Waals surface area contributed by atoms with Gasteiger partial charge in [0.2, 0.25) is 0 Å². The fraction of sp³-hybridized carbons (Fsp3) is 0.292. The molecule has 1 amide bonds. The lowest BCUT2D eigenvalue weighted by atomic mass is 10.1. The molecule has 3 N–H and O–H groups in total. The zero-order valence-corrected chi connectivity index (χ0v) is 17.4. The highest BCUT2D eigenvalue weighted by Crippen LogP contribution is 2.24. The van der Waals surface area contributed by atoms with Crippen LogP contribution in [-0.4, -0.2) is 19.1 Å². The van der Waals surface area contributed by atoms with Crippen molar-refractivity contribution in [3.8, 4) is 5.75 Å². The zero-order valence-electron chi connectivity index (χ0n) is 17.4. The molecule has 0 atom stereocenters. The Labute approximate surface area is 180 Å². The van der Waals surface area contributed by atoms with Gasteiger partial charge in [-0.2, -0.15) is 0 Å². The van der Waals surface area contributed by atoms with E-state index in [0.717, 1.165) is 31.2 Å². The van der Waals surface area contributed by atoms with Gasteiger partial charge < -0.3 is 20.7 Å². The average molecular weight is 419 g/mol. The van der Waals surface area contributed by atoms with E-state index in [9.17, 15) is 14.4 Å². The normalized spacial score (nSPS) is 13.8. The largest absolute Gasteiger partial charge is 0.497 e. The first-order chi connectivity index (χ1) is 15.0. The van der Waals surface area contributed by atoms with E-state index in [-0.39, 0.29) is 11.9 Å². The van der Waals surface area contributed by atoms with Crippen molar-refractivity contribution in [1.29, 1.82) is 0 Å². The van der Waals surface area contributed by atoms with E-state index in [1.165, 1.54) is 0 Å². The molecule has 160 valence electrons. The topological polar surface area (TPSA) is 96.5 Å². The van der Waals surface area contributed by atoms with Gasteiger partial charge in [-0.05, 0) is 42.7 Å². The summed E-state index contributed by atoms with van der Waals surface area (Å²) in [6, 6.07) is 14.5. The lowest BCUT2D eigenvalue weighted by Crippen LogP contribution is -2.39. The van der Waals surface area contributed by atoms with Crippen molar-refractivity contribution in [3.05, 3.63) is 80.1 Å². The fourth-order valence-corrected chi connectivity index (χ4v) is 3.84. The van der Waals surface area contributed by atoms with Gasteiger partial charge in [-0.25, -0.2) is 0 Å². The second kappa shape index (κ2) is 9.04. The van der Waals surface area contributed by atoms with Crippen LogP contribution in [-0.2, 0) is 6.54 Å². The molecule has 1 saturated carbocycles. The number of hydrogen-bond acceptors (Lipinski definition) is 6. The van der Waals surface area contributed by atoms with Gasteiger partial charge in [0.25, 0.3) is 16.8 Å². The Kier molecular flexibility index (Phi) is 6.02. The molecule has 0 radical (unpaired) electrons. The van der Waals surface area contributed by atoms with Gasteiger partial charge in [-0.15, -0.1) is 0 Å². The minimum Gasteiger partial charge on any atom is -0.497 e. The number of anilines is 3. The summed E-state index contributed by atoms with van der Waals surface area (Å²) in [6.07, 6.45) is 4.34. The van der Waals surface area contributed by atoms with Crippen LogP contribution in [0.5, 0.6) is 5.75 Å². The zero-order chi connectivity index (χ0) is 21.8. The maximum Gasteiger partial charge on any atom is 0.255 e. The van der Waals surface area contributed by atoms with Crippen LogP contribution in [0.4, 0.5) is 17.1 Å². The van der Waals surface area contributed by atoms with Crippen LogP contribution >= 0.6 is 0 Å². The quantitative estimate of drug-likeness (QED) is 0.484. The fourth-order valence-electron chi connectivity index (χ4n) is 3.84. The number of ether oxygens (including phenoxy) is 1. The molecular formula is C24H25N3O4. The van der Waals surface area contributed by atoms with E-state index in [0.29, 0.717) is 34.9 Å². The van der Waals surface area contributed by atoms with Crippen molar-refractivity contribution in [2.24, 2.45) is 0 Å². The number of nitrogens with one attached hydrogen (secondary N) is 3. The molecule has 0 spiro atoms. The third-order valence-corrected chi connectivity index (χ3v) is 5.63. The van der Waals surface area contributed by atoms with Gasteiger partial charge in [0.1, 0.15) is 17.1 Å². The van der Waals surface area contributed by atoms with E-state index in [2.05, 4.69) is 16.0 Å². The molecule has 0 saturated heterocycles. The van der Waals surface area contributed by atoms with Crippen LogP contribution in [0.3, 0.4) is 0 Å². The van der Waals surface area contributed by atoms with E-state index < -0.39 is 10.9 Å². The second-order valence-electron chi connectivity index (χ2n) is 7.77.